The summed E-state index contributed by atoms with van der Waals surface area (Å²) in [5.41, 5.74) is 6.05. The van der Waals surface area contributed by atoms with Gasteiger partial charge in [-0.3, -0.25) is 4.79 Å². The van der Waals surface area contributed by atoms with Crippen LogP contribution in [0.4, 0.5) is 0 Å². The van der Waals surface area contributed by atoms with Gasteiger partial charge in [0, 0.05) is 12.0 Å². The van der Waals surface area contributed by atoms with Crippen molar-refractivity contribution < 1.29 is 9.53 Å². The van der Waals surface area contributed by atoms with E-state index in [9.17, 15) is 4.79 Å². The molecule has 1 aliphatic rings. The molecule has 0 bridgehead atoms. The van der Waals surface area contributed by atoms with E-state index in [1.807, 2.05) is 12.1 Å². The van der Waals surface area contributed by atoms with Crippen LogP contribution in [0, 0.1) is 5.92 Å². The van der Waals surface area contributed by atoms with Gasteiger partial charge in [-0.1, -0.05) is 6.07 Å². The summed E-state index contributed by atoms with van der Waals surface area (Å²) in [6.45, 7) is 1.12. The summed E-state index contributed by atoms with van der Waals surface area (Å²) in [6.07, 6.45) is 2.87. The Labute approximate surface area is 109 Å². The van der Waals surface area contributed by atoms with Crippen molar-refractivity contribution in [3.05, 3.63) is 28.2 Å². The SMILES string of the molecule is NCCC(=O)c1cccc(OCC2CC2)c1Br. The molecule has 2 N–H and O–H groups in total. The first kappa shape index (κ1) is 12.6. The third-order valence-electron chi connectivity index (χ3n) is 2.81. The molecule has 17 heavy (non-hydrogen) atoms. The molecular weight excluding hydrogens is 282 g/mol. The number of nitrogens with two attached hydrogens (primary N) is 1. The lowest BCUT2D eigenvalue weighted by atomic mass is 10.1. The molecule has 1 aromatic carbocycles. The molecule has 0 radical (unpaired) electrons. The summed E-state index contributed by atoms with van der Waals surface area (Å²) in [5, 5.41) is 0. The molecule has 1 saturated carbocycles. The number of ether oxygens (including phenoxy) is 1. The average Bonchev–Trinajstić information content (AvgIpc) is 3.12. The van der Waals surface area contributed by atoms with Crippen LogP contribution in [-0.4, -0.2) is 18.9 Å². The Morgan fingerprint density at radius 1 is 1.47 bits per heavy atom. The zero-order valence-electron chi connectivity index (χ0n) is 9.62. The number of hydrogen-bond donors (Lipinski definition) is 1. The predicted molar refractivity (Wildman–Crippen MR) is 70.4 cm³/mol. The van der Waals surface area contributed by atoms with Crippen molar-refractivity contribution in [1.29, 1.82) is 0 Å². The van der Waals surface area contributed by atoms with Crippen LogP contribution in [0.1, 0.15) is 29.6 Å². The molecule has 0 heterocycles. The maximum atomic E-state index is 11.8. The monoisotopic (exact) mass is 297 g/mol. The van der Waals surface area contributed by atoms with Crippen LogP contribution < -0.4 is 10.5 Å². The number of rotatable bonds is 6. The van der Waals surface area contributed by atoms with Crippen LogP contribution in [0.3, 0.4) is 0 Å². The van der Waals surface area contributed by atoms with E-state index < -0.39 is 0 Å². The van der Waals surface area contributed by atoms with Gasteiger partial charge in [0.15, 0.2) is 5.78 Å². The van der Waals surface area contributed by atoms with Crippen LogP contribution in [-0.2, 0) is 0 Å². The smallest absolute Gasteiger partial charge is 0.165 e. The van der Waals surface area contributed by atoms with Crippen LogP contribution in [0.25, 0.3) is 0 Å². The van der Waals surface area contributed by atoms with Gasteiger partial charge in [-0.25, -0.2) is 0 Å². The minimum atomic E-state index is 0.0521. The average molecular weight is 298 g/mol. The Morgan fingerprint density at radius 3 is 2.88 bits per heavy atom. The highest BCUT2D eigenvalue weighted by molar-refractivity contribution is 9.10. The number of carbonyl (C=O) groups excluding carboxylic acids is 1. The molecule has 0 atom stereocenters. The first-order valence-electron chi connectivity index (χ1n) is 5.87. The quantitative estimate of drug-likeness (QED) is 0.822. The van der Waals surface area contributed by atoms with Crippen molar-refractivity contribution in [3.63, 3.8) is 0 Å². The molecule has 1 aliphatic carbocycles. The van der Waals surface area contributed by atoms with E-state index in [-0.39, 0.29) is 5.78 Å². The zero-order valence-corrected chi connectivity index (χ0v) is 11.2. The Bertz CT molecular complexity index is 416. The van der Waals surface area contributed by atoms with Gasteiger partial charge >= 0.3 is 0 Å². The molecule has 0 saturated heterocycles. The molecule has 92 valence electrons. The van der Waals surface area contributed by atoms with Crippen molar-refractivity contribution in [3.8, 4) is 5.75 Å². The van der Waals surface area contributed by atoms with Gasteiger partial charge in [-0.05, 0) is 53.4 Å². The summed E-state index contributed by atoms with van der Waals surface area (Å²) in [4.78, 5) is 11.8. The maximum absolute atomic E-state index is 11.8. The molecule has 1 aromatic rings. The van der Waals surface area contributed by atoms with Crippen molar-refractivity contribution in [2.45, 2.75) is 19.3 Å². The summed E-state index contributed by atoms with van der Waals surface area (Å²) in [7, 11) is 0. The van der Waals surface area contributed by atoms with Crippen LogP contribution in [0.5, 0.6) is 5.75 Å². The maximum Gasteiger partial charge on any atom is 0.165 e. The topological polar surface area (TPSA) is 52.3 Å². The molecule has 0 aliphatic heterocycles. The number of Topliss-reactive ketones (excluding diaryl/α,β-unsaturated/α-hetero) is 1. The largest absolute Gasteiger partial charge is 0.492 e. The van der Waals surface area contributed by atoms with Crippen molar-refractivity contribution in [2.75, 3.05) is 13.2 Å². The predicted octanol–water partition coefficient (Wildman–Crippen LogP) is 2.77. The van der Waals surface area contributed by atoms with Crippen LogP contribution in [0.2, 0.25) is 0 Å². The third-order valence-corrected chi connectivity index (χ3v) is 3.62. The fraction of sp³-hybridized carbons (Fsp3) is 0.462. The van der Waals surface area contributed by atoms with Gasteiger partial charge in [0.25, 0.3) is 0 Å². The molecule has 1 fully saturated rings. The summed E-state index contributed by atoms with van der Waals surface area (Å²) in [6, 6.07) is 5.52. The van der Waals surface area contributed by atoms with Gasteiger partial charge in [0.05, 0.1) is 11.1 Å². The van der Waals surface area contributed by atoms with E-state index in [2.05, 4.69) is 15.9 Å². The molecule has 0 amide bonds. The Balaban J connectivity index is 2.10. The highest BCUT2D eigenvalue weighted by atomic mass is 79.9. The molecule has 2 rings (SSSR count). The third kappa shape index (κ3) is 3.30. The Morgan fingerprint density at radius 2 is 2.24 bits per heavy atom. The van der Waals surface area contributed by atoms with Crippen LogP contribution in [0.15, 0.2) is 22.7 Å². The van der Waals surface area contributed by atoms with E-state index in [1.54, 1.807) is 6.07 Å². The highest BCUT2D eigenvalue weighted by Gasteiger charge is 2.22. The standard InChI is InChI=1S/C13H16BrNO2/c14-13-10(11(16)6-7-15)2-1-3-12(13)17-8-9-4-5-9/h1-3,9H,4-8,15H2. The number of carbonyl (C=O) groups is 1. The van der Waals surface area contributed by atoms with Crippen molar-refractivity contribution >= 4 is 21.7 Å². The minimum Gasteiger partial charge on any atom is -0.492 e. The van der Waals surface area contributed by atoms with Crippen LogP contribution >= 0.6 is 15.9 Å². The number of benzene rings is 1. The lowest BCUT2D eigenvalue weighted by Crippen LogP contribution is -2.09. The number of ketones is 1. The Kier molecular flexibility index (Phi) is 4.18. The van der Waals surface area contributed by atoms with E-state index >= 15 is 0 Å². The van der Waals surface area contributed by atoms with E-state index in [0.29, 0.717) is 24.4 Å². The molecule has 4 heteroatoms. The highest BCUT2D eigenvalue weighted by Crippen LogP contribution is 2.33. The summed E-state index contributed by atoms with van der Waals surface area (Å²) >= 11 is 3.44. The van der Waals surface area contributed by atoms with E-state index in [0.717, 1.165) is 16.8 Å². The van der Waals surface area contributed by atoms with Gasteiger partial charge in [-0.15, -0.1) is 0 Å². The fourth-order valence-corrected chi connectivity index (χ4v) is 2.20. The second-order valence-electron chi connectivity index (χ2n) is 4.33. The number of halogens is 1. The first-order chi connectivity index (χ1) is 8.22. The second kappa shape index (κ2) is 5.65. The van der Waals surface area contributed by atoms with Gasteiger partial charge in [0.1, 0.15) is 5.75 Å². The molecule has 3 nitrogen and oxygen atoms in total. The summed E-state index contributed by atoms with van der Waals surface area (Å²) in [5.74, 6) is 1.50. The Hall–Kier alpha value is -0.870. The summed E-state index contributed by atoms with van der Waals surface area (Å²) < 4.78 is 6.45. The van der Waals surface area contributed by atoms with Gasteiger partial charge in [-0.2, -0.15) is 0 Å². The minimum absolute atomic E-state index is 0.0521. The van der Waals surface area contributed by atoms with Gasteiger partial charge in [0.2, 0.25) is 0 Å². The molecular formula is C13H16BrNO2. The molecule has 0 unspecified atom stereocenters. The molecule has 0 spiro atoms. The fourth-order valence-electron chi connectivity index (χ4n) is 1.60. The van der Waals surface area contributed by atoms with Crippen molar-refractivity contribution in [1.82, 2.24) is 0 Å². The zero-order chi connectivity index (χ0) is 12.3. The second-order valence-corrected chi connectivity index (χ2v) is 5.13. The van der Waals surface area contributed by atoms with E-state index in [4.69, 9.17) is 10.5 Å². The van der Waals surface area contributed by atoms with Gasteiger partial charge < -0.3 is 10.5 Å². The normalized spacial score (nSPS) is 14.7. The number of hydrogen-bond acceptors (Lipinski definition) is 3. The lowest BCUT2D eigenvalue weighted by molar-refractivity contribution is 0.0984. The first-order valence-corrected chi connectivity index (χ1v) is 6.66. The molecule has 0 aromatic heterocycles. The van der Waals surface area contributed by atoms with E-state index in [1.165, 1.54) is 12.8 Å². The lowest BCUT2D eigenvalue weighted by Gasteiger charge is -2.10. The van der Waals surface area contributed by atoms with Crippen molar-refractivity contribution in [2.24, 2.45) is 11.7 Å².